The van der Waals surface area contributed by atoms with Gasteiger partial charge >= 0.3 is 6.01 Å². The van der Waals surface area contributed by atoms with Crippen molar-refractivity contribution in [1.82, 2.24) is 19.9 Å². The van der Waals surface area contributed by atoms with E-state index in [9.17, 15) is 0 Å². The molecule has 1 aromatic carbocycles. The molecular weight excluding hydrogens is 278 g/mol. The Balaban J connectivity index is 1.67. The molecule has 0 saturated carbocycles. The van der Waals surface area contributed by atoms with Crippen LogP contribution in [-0.4, -0.2) is 33.5 Å². The number of nitrogens with zero attached hydrogens (tertiary/aromatic N) is 5. The summed E-state index contributed by atoms with van der Waals surface area (Å²) in [5.74, 6) is 0.605. The molecule has 114 valence electrons. The first-order valence-corrected chi connectivity index (χ1v) is 7.25. The molecule has 2 heterocycles. The molecule has 3 rings (SSSR count). The second-order valence-corrected chi connectivity index (χ2v) is 5.34. The van der Waals surface area contributed by atoms with E-state index in [4.69, 9.17) is 4.52 Å². The summed E-state index contributed by atoms with van der Waals surface area (Å²) in [4.78, 5) is 6.38. The van der Waals surface area contributed by atoms with Crippen LogP contribution in [0.25, 0.3) is 11.4 Å². The second kappa shape index (κ2) is 6.01. The lowest BCUT2D eigenvalue weighted by molar-refractivity contribution is 0.415. The minimum absolute atomic E-state index is 0.514. The van der Waals surface area contributed by atoms with E-state index in [0.717, 1.165) is 30.0 Å². The van der Waals surface area contributed by atoms with Gasteiger partial charge < -0.3 is 9.42 Å². The Morgan fingerprint density at radius 3 is 2.64 bits per heavy atom. The van der Waals surface area contributed by atoms with Crippen LogP contribution in [0.2, 0.25) is 0 Å². The van der Waals surface area contributed by atoms with Crippen molar-refractivity contribution in [2.45, 2.75) is 20.4 Å². The predicted octanol–water partition coefficient (Wildman–Crippen LogP) is 2.69. The molecule has 0 bridgehead atoms. The van der Waals surface area contributed by atoms with Gasteiger partial charge in [0.1, 0.15) is 0 Å². The van der Waals surface area contributed by atoms with E-state index in [2.05, 4.69) is 28.2 Å². The van der Waals surface area contributed by atoms with E-state index in [1.807, 2.05) is 53.9 Å². The fraction of sp³-hybridized carbons (Fsp3) is 0.312. The van der Waals surface area contributed by atoms with Crippen LogP contribution in [0.4, 0.5) is 6.01 Å². The Kier molecular flexibility index (Phi) is 3.91. The van der Waals surface area contributed by atoms with Crippen LogP contribution in [0, 0.1) is 13.8 Å². The van der Waals surface area contributed by atoms with Crippen LogP contribution >= 0.6 is 0 Å². The molecule has 0 atom stereocenters. The van der Waals surface area contributed by atoms with E-state index < -0.39 is 0 Å². The summed E-state index contributed by atoms with van der Waals surface area (Å²) in [5, 5.41) is 8.49. The Morgan fingerprint density at radius 1 is 1.18 bits per heavy atom. The minimum Gasteiger partial charge on any atom is -0.326 e. The highest BCUT2D eigenvalue weighted by Crippen LogP contribution is 2.18. The van der Waals surface area contributed by atoms with E-state index in [0.29, 0.717) is 11.8 Å². The van der Waals surface area contributed by atoms with Crippen molar-refractivity contribution in [2.24, 2.45) is 0 Å². The quantitative estimate of drug-likeness (QED) is 0.724. The molecule has 0 N–H and O–H groups in total. The predicted molar refractivity (Wildman–Crippen MR) is 84.7 cm³/mol. The fourth-order valence-electron chi connectivity index (χ4n) is 2.32. The second-order valence-electron chi connectivity index (χ2n) is 5.34. The third-order valence-corrected chi connectivity index (χ3v) is 3.52. The van der Waals surface area contributed by atoms with Gasteiger partial charge in [0.25, 0.3) is 0 Å². The highest BCUT2D eigenvalue weighted by molar-refractivity contribution is 5.55. The van der Waals surface area contributed by atoms with Gasteiger partial charge in [0.15, 0.2) is 0 Å². The zero-order valence-electron chi connectivity index (χ0n) is 13.0. The van der Waals surface area contributed by atoms with Gasteiger partial charge in [-0.2, -0.15) is 10.1 Å². The molecule has 2 aromatic heterocycles. The number of anilines is 1. The van der Waals surface area contributed by atoms with Crippen molar-refractivity contribution in [3.63, 3.8) is 0 Å². The number of hydrogen-bond donors (Lipinski definition) is 0. The van der Waals surface area contributed by atoms with Crippen molar-refractivity contribution in [2.75, 3.05) is 18.5 Å². The monoisotopic (exact) mass is 297 g/mol. The van der Waals surface area contributed by atoms with Gasteiger partial charge in [0.2, 0.25) is 5.82 Å². The summed E-state index contributed by atoms with van der Waals surface area (Å²) >= 11 is 0. The van der Waals surface area contributed by atoms with E-state index in [-0.39, 0.29) is 0 Å². The van der Waals surface area contributed by atoms with Crippen LogP contribution in [0.1, 0.15) is 11.4 Å². The summed E-state index contributed by atoms with van der Waals surface area (Å²) in [6.07, 6.45) is 0. The van der Waals surface area contributed by atoms with E-state index >= 15 is 0 Å². The van der Waals surface area contributed by atoms with Crippen molar-refractivity contribution < 1.29 is 4.52 Å². The standard InChI is InChI=1S/C16H19N5O/c1-12-11-13(2)21(18-12)10-9-20(3)16-17-15(19-22-16)14-7-5-4-6-8-14/h4-8,11H,9-10H2,1-3H3. The average molecular weight is 297 g/mol. The molecule has 6 heteroatoms. The van der Waals surface area contributed by atoms with Crippen LogP contribution < -0.4 is 4.90 Å². The number of aryl methyl sites for hydroxylation is 2. The molecule has 0 amide bonds. The molecule has 0 aliphatic heterocycles. The lowest BCUT2D eigenvalue weighted by atomic mass is 10.2. The topological polar surface area (TPSA) is 60.0 Å². The highest BCUT2D eigenvalue weighted by Gasteiger charge is 2.12. The van der Waals surface area contributed by atoms with Gasteiger partial charge in [0, 0.05) is 24.8 Å². The number of rotatable bonds is 5. The van der Waals surface area contributed by atoms with Crippen molar-refractivity contribution in [1.29, 1.82) is 0 Å². The molecule has 0 fully saturated rings. The van der Waals surface area contributed by atoms with Crippen LogP contribution in [-0.2, 0) is 6.54 Å². The summed E-state index contributed by atoms with van der Waals surface area (Å²) in [6.45, 7) is 5.58. The highest BCUT2D eigenvalue weighted by atomic mass is 16.5. The molecule has 0 saturated heterocycles. The zero-order valence-corrected chi connectivity index (χ0v) is 13.0. The van der Waals surface area contributed by atoms with E-state index in [1.54, 1.807) is 0 Å². The Labute approximate surface area is 129 Å². The smallest absolute Gasteiger partial charge is 0.324 e. The zero-order chi connectivity index (χ0) is 15.5. The number of aromatic nitrogens is 4. The Hall–Kier alpha value is -2.63. The molecule has 0 radical (unpaired) electrons. The summed E-state index contributed by atoms with van der Waals surface area (Å²) in [5.41, 5.74) is 3.13. The first kappa shape index (κ1) is 14.3. The van der Waals surface area contributed by atoms with Gasteiger partial charge in [-0.25, -0.2) is 0 Å². The third-order valence-electron chi connectivity index (χ3n) is 3.52. The van der Waals surface area contributed by atoms with E-state index in [1.165, 1.54) is 0 Å². The van der Waals surface area contributed by atoms with Gasteiger partial charge in [-0.05, 0) is 19.9 Å². The van der Waals surface area contributed by atoms with Crippen LogP contribution in [0.3, 0.4) is 0 Å². The maximum Gasteiger partial charge on any atom is 0.324 e. The Bertz CT molecular complexity index is 747. The van der Waals surface area contributed by atoms with Gasteiger partial charge in [-0.1, -0.05) is 35.5 Å². The van der Waals surface area contributed by atoms with Crippen LogP contribution in [0.5, 0.6) is 0 Å². The van der Waals surface area contributed by atoms with Gasteiger partial charge in [-0.15, -0.1) is 0 Å². The first-order chi connectivity index (χ1) is 10.6. The number of benzene rings is 1. The molecule has 0 aliphatic carbocycles. The van der Waals surface area contributed by atoms with Crippen LogP contribution in [0.15, 0.2) is 40.9 Å². The van der Waals surface area contributed by atoms with Gasteiger partial charge in [0.05, 0.1) is 12.2 Å². The summed E-state index contributed by atoms with van der Waals surface area (Å²) in [6, 6.07) is 12.4. The number of hydrogen-bond acceptors (Lipinski definition) is 5. The van der Waals surface area contributed by atoms with Crippen molar-refractivity contribution in [3.05, 3.63) is 47.8 Å². The molecule has 0 aliphatic rings. The van der Waals surface area contributed by atoms with Crippen molar-refractivity contribution >= 4 is 6.01 Å². The third kappa shape index (κ3) is 3.00. The maximum absolute atomic E-state index is 5.34. The molecule has 3 aromatic rings. The van der Waals surface area contributed by atoms with Crippen molar-refractivity contribution in [3.8, 4) is 11.4 Å². The molecular formula is C16H19N5O. The maximum atomic E-state index is 5.34. The SMILES string of the molecule is Cc1cc(C)n(CCN(C)c2nc(-c3ccccc3)no2)n1. The largest absolute Gasteiger partial charge is 0.326 e. The first-order valence-electron chi connectivity index (χ1n) is 7.25. The summed E-state index contributed by atoms with van der Waals surface area (Å²) in [7, 11) is 1.94. The average Bonchev–Trinajstić information content (AvgIpc) is 3.12. The lowest BCUT2D eigenvalue weighted by Gasteiger charge is -2.14. The lowest BCUT2D eigenvalue weighted by Crippen LogP contribution is -2.23. The molecule has 0 spiro atoms. The molecule has 0 unspecified atom stereocenters. The minimum atomic E-state index is 0.514. The normalized spacial score (nSPS) is 10.9. The summed E-state index contributed by atoms with van der Waals surface area (Å²) < 4.78 is 7.33. The Morgan fingerprint density at radius 2 is 1.95 bits per heavy atom. The van der Waals surface area contributed by atoms with Gasteiger partial charge in [-0.3, -0.25) is 4.68 Å². The number of likely N-dealkylation sites (N-methyl/N-ethyl adjacent to an activating group) is 1. The molecule has 22 heavy (non-hydrogen) atoms. The fourth-order valence-corrected chi connectivity index (χ4v) is 2.32. The molecule has 6 nitrogen and oxygen atoms in total.